The summed E-state index contributed by atoms with van der Waals surface area (Å²) in [6.07, 6.45) is 2.51. The van der Waals surface area contributed by atoms with Crippen LogP contribution in [-0.2, 0) is 0 Å². The maximum atomic E-state index is 9.45. The molecule has 0 spiro atoms. The average Bonchev–Trinajstić information content (AvgIpc) is 2.57. The van der Waals surface area contributed by atoms with E-state index in [1.165, 1.54) is 5.57 Å². The van der Waals surface area contributed by atoms with Gasteiger partial charge < -0.3 is 10.2 Å². The molecular formula is C7H11BO2. The maximum absolute atomic E-state index is 9.45. The molecule has 0 aromatic heterocycles. The van der Waals surface area contributed by atoms with Crippen LogP contribution in [0.1, 0.15) is 6.42 Å². The number of hydrogen-bond acceptors (Lipinski definition) is 2. The lowest BCUT2D eigenvalue weighted by molar-refractivity contribution is 0.0762. The molecule has 0 amide bonds. The molecule has 2 aliphatic rings. The molecule has 0 saturated heterocycles. The molecule has 1 saturated carbocycles. The predicted octanol–water partition coefficient (Wildman–Crippen LogP) is -0.909. The van der Waals surface area contributed by atoms with Gasteiger partial charge in [-0.25, -0.2) is 0 Å². The SMILES string of the molecule is B[C@H]1C[C@H](O)[C@@]2(CO)C=C12. The largest absolute Gasteiger partial charge is 0.395 e. The van der Waals surface area contributed by atoms with Crippen LogP contribution in [0.2, 0.25) is 5.82 Å². The zero-order valence-electron chi connectivity index (χ0n) is 6.04. The Hall–Kier alpha value is -0.275. The molecule has 0 heterocycles. The smallest absolute Gasteiger partial charge is 0.110 e. The summed E-state index contributed by atoms with van der Waals surface area (Å²) >= 11 is 0. The molecule has 10 heavy (non-hydrogen) atoms. The van der Waals surface area contributed by atoms with Gasteiger partial charge >= 0.3 is 0 Å². The van der Waals surface area contributed by atoms with Gasteiger partial charge in [-0.15, -0.1) is 0 Å². The third-order valence-electron chi connectivity index (χ3n) is 2.83. The van der Waals surface area contributed by atoms with Crippen molar-refractivity contribution in [2.75, 3.05) is 6.61 Å². The summed E-state index contributed by atoms with van der Waals surface area (Å²) < 4.78 is 0. The number of fused-ring (bicyclic) bond motifs is 1. The standard InChI is InChI=1S/C7H11BO2/c8-5-1-6(10)7(3-9)2-4(5)7/h2,5-6,9-10H,1,3,8H2/t5-,6-,7+/m0/s1. The Balaban J connectivity index is 2.20. The second kappa shape index (κ2) is 1.66. The number of aliphatic hydroxyl groups is 2. The van der Waals surface area contributed by atoms with Gasteiger partial charge in [0, 0.05) is 0 Å². The lowest BCUT2D eigenvalue weighted by Crippen LogP contribution is -2.23. The molecule has 3 atom stereocenters. The molecular weight excluding hydrogens is 127 g/mol. The first-order valence-electron chi connectivity index (χ1n) is 3.73. The van der Waals surface area contributed by atoms with E-state index in [2.05, 4.69) is 7.85 Å². The van der Waals surface area contributed by atoms with Crippen molar-refractivity contribution in [3.8, 4) is 0 Å². The van der Waals surface area contributed by atoms with E-state index in [1.54, 1.807) is 0 Å². The van der Waals surface area contributed by atoms with Crippen LogP contribution in [0.5, 0.6) is 0 Å². The van der Waals surface area contributed by atoms with Gasteiger partial charge in [0.2, 0.25) is 0 Å². The van der Waals surface area contributed by atoms with Crippen LogP contribution in [0, 0.1) is 5.41 Å². The summed E-state index contributed by atoms with van der Waals surface area (Å²) in [4.78, 5) is 0. The molecule has 0 aliphatic heterocycles. The molecule has 0 aromatic rings. The van der Waals surface area contributed by atoms with E-state index in [9.17, 15) is 5.11 Å². The molecule has 2 nitrogen and oxygen atoms in total. The van der Waals surface area contributed by atoms with E-state index < -0.39 is 0 Å². The molecule has 0 unspecified atom stereocenters. The molecule has 2 N–H and O–H groups in total. The van der Waals surface area contributed by atoms with Gasteiger partial charge in [-0.05, 0) is 12.2 Å². The van der Waals surface area contributed by atoms with Crippen LogP contribution in [-0.4, -0.2) is 30.8 Å². The van der Waals surface area contributed by atoms with Gasteiger partial charge in [0.1, 0.15) is 7.85 Å². The average molecular weight is 138 g/mol. The maximum Gasteiger partial charge on any atom is 0.110 e. The van der Waals surface area contributed by atoms with E-state index in [-0.39, 0.29) is 18.1 Å². The molecule has 3 heteroatoms. The normalized spacial score (nSPS) is 50.4. The highest BCUT2D eigenvalue weighted by Gasteiger charge is 2.56. The van der Waals surface area contributed by atoms with Gasteiger partial charge in [0.15, 0.2) is 0 Å². The van der Waals surface area contributed by atoms with E-state index in [0.29, 0.717) is 5.82 Å². The molecule has 0 radical (unpaired) electrons. The van der Waals surface area contributed by atoms with Crippen LogP contribution < -0.4 is 0 Å². The number of hydrogen-bond donors (Lipinski definition) is 2. The Morgan fingerprint density at radius 1 is 1.80 bits per heavy atom. The van der Waals surface area contributed by atoms with Crippen molar-refractivity contribution in [2.45, 2.75) is 18.3 Å². The summed E-state index contributed by atoms with van der Waals surface area (Å²) in [5, 5.41) is 18.4. The molecule has 2 rings (SSSR count). The zero-order chi connectivity index (χ0) is 7.35. The summed E-state index contributed by atoms with van der Waals surface area (Å²) in [6.45, 7) is 0.0911. The fraction of sp³-hybridized carbons (Fsp3) is 0.714. The molecule has 54 valence electrons. The van der Waals surface area contributed by atoms with Gasteiger partial charge in [-0.2, -0.15) is 0 Å². The third-order valence-corrected chi connectivity index (χ3v) is 2.83. The van der Waals surface area contributed by atoms with Gasteiger partial charge in [-0.1, -0.05) is 11.6 Å². The van der Waals surface area contributed by atoms with Crippen LogP contribution in [0.4, 0.5) is 0 Å². The fourth-order valence-corrected chi connectivity index (χ4v) is 2.05. The van der Waals surface area contributed by atoms with Crippen LogP contribution >= 0.6 is 0 Å². The van der Waals surface area contributed by atoms with Crippen molar-refractivity contribution in [3.63, 3.8) is 0 Å². The van der Waals surface area contributed by atoms with Crippen molar-refractivity contribution in [3.05, 3.63) is 11.6 Å². The van der Waals surface area contributed by atoms with Crippen LogP contribution in [0.15, 0.2) is 11.6 Å². The summed E-state index contributed by atoms with van der Waals surface area (Å²) in [7, 11) is 2.10. The van der Waals surface area contributed by atoms with E-state index in [1.807, 2.05) is 6.08 Å². The Kier molecular flexibility index (Phi) is 1.07. The monoisotopic (exact) mass is 138 g/mol. The lowest BCUT2D eigenvalue weighted by Gasteiger charge is -2.14. The Bertz CT molecular complexity index is 202. The second-order valence-electron chi connectivity index (χ2n) is 3.45. The van der Waals surface area contributed by atoms with Gasteiger partial charge in [-0.3, -0.25) is 0 Å². The minimum atomic E-state index is -0.317. The zero-order valence-corrected chi connectivity index (χ0v) is 6.04. The molecule has 0 bridgehead atoms. The van der Waals surface area contributed by atoms with Crippen LogP contribution in [0.3, 0.4) is 0 Å². The summed E-state index contributed by atoms with van der Waals surface area (Å²) in [6, 6.07) is 0. The second-order valence-corrected chi connectivity index (χ2v) is 3.45. The molecule has 1 fully saturated rings. The Morgan fingerprint density at radius 2 is 2.50 bits per heavy atom. The fourth-order valence-electron chi connectivity index (χ4n) is 2.05. The van der Waals surface area contributed by atoms with Gasteiger partial charge in [0.25, 0.3) is 0 Å². The quantitative estimate of drug-likeness (QED) is 0.363. The highest BCUT2D eigenvalue weighted by Crippen LogP contribution is 2.60. The van der Waals surface area contributed by atoms with E-state index in [4.69, 9.17) is 5.11 Å². The lowest BCUT2D eigenvalue weighted by atomic mass is 9.85. The molecule has 2 aliphatic carbocycles. The number of aliphatic hydroxyl groups excluding tert-OH is 2. The first kappa shape index (κ1) is 6.44. The number of rotatable bonds is 1. The topological polar surface area (TPSA) is 40.5 Å². The minimum Gasteiger partial charge on any atom is -0.395 e. The Labute approximate surface area is 61.0 Å². The van der Waals surface area contributed by atoms with Crippen molar-refractivity contribution in [2.24, 2.45) is 5.41 Å². The third kappa shape index (κ3) is 0.528. The van der Waals surface area contributed by atoms with Gasteiger partial charge in [0.05, 0.1) is 18.1 Å². The van der Waals surface area contributed by atoms with Crippen molar-refractivity contribution < 1.29 is 10.2 Å². The molecule has 0 aromatic carbocycles. The first-order valence-corrected chi connectivity index (χ1v) is 3.73. The summed E-state index contributed by atoms with van der Waals surface area (Å²) in [5.41, 5.74) is 1.00. The predicted molar refractivity (Wildman–Crippen MR) is 40.5 cm³/mol. The van der Waals surface area contributed by atoms with E-state index >= 15 is 0 Å². The summed E-state index contributed by atoms with van der Waals surface area (Å²) in [5.74, 6) is 0.488. The van der Waals surface area contributed by atoms with E-state index in [0.717, 1.165) is 6.42 Å². The minimum absolute atomic E-state index is 0.0911. The highest BCUT2D eigenvalue weighted by molar-refractivity contribution is 6.15. The Morgan fingerprint density at radius 3 is 2.70 bits per heavy atom. The first-order chi connectivity index (χ1) is 4.70. The van der Waals surface area contributed by atoms with Crippen molar-refractivity contribution in [1.29, 1.82) is 0 Å². The van der Waals surface area contributed by atoms with Crippen molar-refractivity contribution in [1.82, 2.24) is 0 Å². The van der Waals surface area contributed by atoms with Crippen molar-refractivity contribution >= 4 is 7.85 Å². The highest BCUT2D eigenvalue weighted by atomic mass is 16.3. The van der Waals surface area contributed by atoms with Crippen LogP contribution in [0.25, 0.3) is 0 Å².